The fourth-order valence-electron chi connectivity index (χ4n) is 5.14. The maximum atomic E-state index is 10.6. The molecule has 1 saturated heterocycles. The summed E-state index contributed by atoms with van der Waals surface area (Å²) in [4.78, 5) is 2.41. The van der Waals surface area contributed by atoms with E-state index in [9.17, 15) is 10.2 Å². The number of aromatic nitrogens is 1. The highest BCUT2D eigenvalue weighted by Gasteiger charge is 2.20. The van der Waals surface area contributed by atoms with E-state index in [0.717, 1.165) is 52.1 Å². The van der Waals surface area contributed by atoms with Gasteiger partial charge in [0.1, 0.15) is 23.5 Å². The predicted octanol–water partition coefficient (Wildman–Crippen LogP) is 6.29. The van der Waals surface area contributed by atoms with Crippen LogP contribution in [0, 0.1) is 6.92 Å². The number of phenols is 2. The first-order chi connectivity index (χ1) is 16.5. The SMILES string of the molecule is Cc1c(-c2ccc(O)cc2)n(Cc2ccc(OC(C)N3CCCCC3)cc2)c2cccc(O)c12. The Kier molecular flexibility index (Phi) is 6.20. The van der Waals surface area contributed by atoms with Gasteiger partial charge in [-0.15, -0.1) is 0 Å². The summed E-state index contributed by atoms with van der Waals surface area (Å²) >= 11 is 0. The molecule has 1 aliphatic heterocycles. The number of hydrogen-bond donors (Lipinski definition) is 2. The maximum absolute atomic E-state index is 10.6. The smallest absolute Gasteiger partial charge is 0.149 e. The molecule has 3 aromatic carbocycles. The van der Waals surface area contributed by atoms with E-state index >= 15 is 0 Å². The number of aryl methyl sites for hydroxylation is 1. The topological polar surface area (TPSA) is 57.9 Å². The van der Waals surface area contributed by atoms with Crippen LogP contribution in [0.3, 0.4) is 0 Å². The Hall–Kier alpha value is -3.44. The predicted molar refractivity (Wildman–Crippen MR) is 136 cm³/mol. The molecule has 0 saturated carbocycles. The van der Waals surface area contributed by atoms with E-state index in [-0.39, 0.29) is 17.7 Å². The molecule has 176 valence electrons. The molecule has 2 heterocycles. The van der Waals surface area contributed by atoms with Crippen molar-refractivity contribution in [3.8, 4) is 28.5 Å². The minimum Gasteiger partial charge on any atom is -0.508 e. The Morgan fingerprint density at radius 1 is 0.882 bits per heavy atom. The molecule has 0 aliphatic carbocycles. The molecule has 0 spiro atoms. The Labute approximate surface area is 200 Å². The van der Waals surface area contributed by atoms with Gasteiger partial charge in [0, 0.05) is 25.0 Å². The zero-order valence-corrected chi connectivity index (χ0v) is 19.9. The minimum atomic E-state index is 0.0752. The molecule has 0 amide bonds. The number of aromatic hydroxyl groups is 2. The lowest BCUT2D eigenvalue weighted by Gasteiger charge is -2.32. The molecule has 1 unspecified atom stereocenters. The third-order valence-corrected chi connectivity index (χ3v) is 6.93. The molecular weight excluding hydrogens is 424 g/mol. The molecule has 1 aromatic heterocycles. The van der Waals surface area contributed by atoms with Crippen LogP contribution in [0.1, 0.15) is 37.3 Å². The Balaban J connectivity index is 1.45. The van der Waals surface area contributed by atoms with Crippen molar-refractivity contribution in [2.75, 3.05) is 13.1 Å². The van der Waals surface area contributed by atoms with E-state index in [2.05, 4.69) is 28.5 Å². The minimum absolute atomic E-state index is 0.0752. The maximum Gasteiger partial charge on any atom is 0.149 e. The van der Waals surface area contributed by atoms with Crippen molar-refractivity contribution in [2.24, 2.45) is 0 Å². The number of nitrogens with zero attached hydrogens (tertiary/aromatic N) is 2. The second-order valence-corrected chi connectivity index (χ2v) is 9.24. The van der Waals surface area contributed by atoms with Crippen LogP contribution in [-0.2, 0) is 6.54 Å². The number of rotatable bonds is 6. The second-order valence-electron chi connectivity index (χ2n) is 9.24. The average molecular weight is 457 g/mol. The summed E-state index contributed by atoms with van der Waals surface area (Å²) in [6.07, 6.45) is 3.88. The summed E-state index contributed by atoms with van der Waals surface area (Å²) in [5, 5.41) is 21.2. The zero-order valence-electron chi connectivity index (χ0n) is 19.9. The van der Waals surface area contributed by atoms with Gasteiger partial charge in [0.2, 0.25) is 0 Å². The molecule has 1 fully saturated rings. The van der Waals surface area contributed by atoms with Crippen LogP contribution in [0.15, 0.2) is 66.7 Å². The summed E-state index contributed by atoms with van der Waals surface area (Å²) in [7, 11) is 0. The Morgan fingerprint density at radius 3 is 2.29 bits per heavy atom. The van der Waals surface area contributed by atoms with Crippen molar-refractivity contribution in [3.05, 3.63) is 77.9 Å². The fraction of sp³-hybridized carbons (Fsp3) is 0.310. The van der Waals surface area contributed by atoms with Crippen molar-refractivity contribution < 1.29 is 14.9 Å². The van der Waals surface area contributed by atoms with Crippen molar-refractivity contribution in [3.63, 3.8) is 0 Å². The van der Waals surface area contributed by atoms with Crippen LogP contribution in [0.4, 0.5) is 0 Å². The lowest BCUT2D eigenvalue weighted by atomic mass is 10.1. The number of likely N-dealkylation sites (tertiary alicyclic amines) is 1. The summed E-state index contributed by atoms with van der Waals surface area (Å²) < 4.78 is 8.45. The van der Waals surface area contributed by atoms with Crippen LogP contribution in [0.2, 0.25) is 0 Å². The second kappa shape index (κ2) is 9.43. The number of benzene rings is 3. The number of hydrogen-bond acceptors (Lipinski definition) is 4. The largest absolute Gasteiger partial charge is 0.508 e. The van der Waals surface area contributed by atoms with Gasteiger partial charge in [0.05, 0.1) is 11.2 Å². The van der Waals surface area contributed by atoms with Gasteiger partial charge in [-0.25, -0.2) is 0 Å². The van der Waals surface area contributed by atoms with Crippen molar-refractivity contribution in [2.45, 2.75) is 45.9 Å². The molecule has 34 heavy (non-hydrogen) atoms. The lowest BCUT2D eigenvalue weighted by molar-refractivity contribution is 0.0262. The monoisotopic (exact) mass is 456 g/mol. The summed E-state index contributed by atoms with van der Waals surface area (Å²) in [5.74, 6) is 1.40. The van der Waals surface area contributed by atoms with Crippen molar-refractivity contribution in [1.82, 2.24) is 9.47 Å². The number of ether oxygens (including phenoxy) is 1. The van der Waals surface area contributed by atoms with Crippen molar-refractivity contribution in [1.29, 1.82) is 0 Å². The molecular formula is C29H32N2O3. The van der Waals surface area contributed by atoms with E-state index in [4.69, 9.17) is 4.74 Å². The first kappa shape index (κ1) is 22.4. The van der Waals surface area contributed by atoms with E-state index in [1.807, 2.05) is 43.3 Å². The number of phenolic OH excluding ortho intramolecular Hbond substituents is 2. The van der Waals surface area contributed by atoms with Gasteiger partial charge in [0.25, 0.3) is 0 Å². The molecule has 0 radical (unpaired) electrons. The fourth-order valence-corrected chi connectivity index (χ4v) is 5.14. The van der Waals surface area contributed by atoms with Gasteiger partial charge < -0.3 is 19.5 Å². The highest BCUT2D eigenvalue weighted by atomic mass is 16.5. The number of fused-ring (bicyclic) bond motifs is 1. The first-order valence-electron chi connectivity index (χ1n) is 12.1. The Morgan fingerprint density at radius 2 is 1.59 bits per heavy atom. The summed E-state index contributed by atoms with van der Waals surface area (Å²) in [5.41, 5.74) is 5.20. The van der Waals surface area contributed by atoms with Gasteiger partial charge in [-0.1, -0.05) is 24.6 Å². The van der Waals surface area contributed by atoms with Crippen LogP contribution >= 0.6 is 0 Å². The van der Waals surface area contributed by atoms with Gasteiger partial charge in [-0.3, -0.25) is 4.90 Å². The third-order valence-electron chi connectivity index (χ3n) is 6.93. The van der Waals surface area contributed by atoms with Crippen molar-refractivity contribution >= 4 is 10.9 Å². The van der Waals surface area contributed by atoms with Gasteiger partial charge >= 0.3 is 0 Å². The van der Waals surface area contributed by atoms with E-state index in [1.54, 1.807) is 18.2 Å². The standard InChI is InChI=1S/C29H32N2O3/c1-20-28-26(7-6-8-27(28)33)31(29(20)23-11-13-24(32)14-12-23)19-22-9-15-25(16-10-22)34-21(2)30-17-4-3-5-18-30/h6-16,21,32-33H,3-5,17-19H2,1-2H3. The molecule has 4 aromatic rings. The van der Waals surface area contributed by atoms with Gasteiger partial charge in [-0.05, 0) is 91.9 Å². The molecule has 2 N–H and O–H groups in total. The lowest BCUT2D eigenvalue weighted by Crippen LogP contribution is -2.40. The van der Waals surface area contributed by atoms with E-state index in [0.29, 0.717) is 6.54 Å². The van der Waals surface area contributed by atoms with Crippen LogP contribution < -0.4 is 4.74 Å². The third kappa shape index (κ3) is 4.36. The van der Waals surface area contributed by atoms with Gasteiger partial charge in [-0.2, -0.15) is 0 Å². The van der Waals surface area contributed by atoms with Crippen LogP contribution in [-0.4, -0.2) is 39.0 Å². The first-order valence-corrected chi connectivity index (χ1v) is 12.1. The molecule has 5 heteroatoms. The molecule has 5 rings (SSSR count). The quantitative estimate of drug-likeness (QED) is 0.358. The summed E-state index contributed by atoms with van der Waals surface area (Å²) in [6.45, 7) is 7.04. The normalized spacial score (nSPS) is 15.5. The van der Waals surface area contributed by atoms with Crippen LogP contribution in [0.5, 0.6) is 17.2 Å². The van der Waals surface area contributed by atoms with E-state index < -0.39 is 0 Å². The van der Waals surface area contributed by atoms with E-state index in [1.165, 1.54) is 19.3 Å². The van der Waals surface area contributed by atoms with Gasteiger partial charge in [0.15, 0.2) is 0 Å². The molecule has 1 aliphatic rings. The summed E-state index contributed by atoms with van der Waals surface area (Å²) in [6, 6.07) is 21.2. The average Bonchev–Trinajstić information content (AvgIpc) is 3.13. The highest BCUT2D eigenvalue weighted by molar-refractivity contribution is 5.95. The molecule has 1 atom stereocenters. The highest BCUT2D eigenvalue weighted by Crippen LogP contribution is 2.38. The number of piperidine rings is 1. The molecule has 5 nitrogen and oxygen atoms in total. The molecule has 0 bridgehead atoms. The zero-order chi connectivity index (χ0) is 23.7. The Bertz CT molecular complexity index is 1270. The van der Waals surface area contributed by atoms with Crippen LogP contribution in [0.25, 0.3) is 22.2 Å².